The minimum Gasteiger partial charge on any atom is -0.313 e. The highest BCUT2D eigenvalue weighted by atomic mass is 32.1. The number of rotatable bonds is 7. The first-order valence-corrected chi connectivity index (χ1v) is 7.14. The summed E-state index contributed by atoms with van der Waals surface area (Å²) < 4.78 is 0. The first kappa shape index (κ1) is 13.2. The van der Waals surface area contributed by atoms with Crippen LogP contribution in [0.3, 0.4) is 0 Å². The second kappa shape index (κ2) is 6.61. The summed E-state index contributed by atoms with van der Waals surface area (Å²) in [4.78, 5) is 2.91. The lowest BCUT2D eigenvalue weighted by Crippen LogP contribution is -2.34. The molecule has 0 aliphatic carbocycles. The second-order valence-corrected chi connectivity index (χ2v) is 5.37. The number of thiophene rings is 1. The predicted molar refractivity (Wildman–Crippen MR) is 72.6 cm³/mol. The van der Waals surface area contributed by atoms with E-state index in [0.717, 1.165) is 31.6 Å². The summed E-state index contributed by atoms with van der Waals surface area (Å²) in [6.45, 7) is 3.20. The largest absolute Gasteiger partial charge is 0.313 e. The third kappa shape index (κ3) is 3.89. The quantitative estimate of drug-likeness (QED) is 0.822. The summed E-state index contributed by atoms with van der Waals surface area (Å²) in [5, 5.41) is 17.9. The van der Waals surface area contributed by atoms with Crippen molar-refractivity contribution in [1.29, 1.82) is 0 Å². The van der Waals surface area contributed by atoms with Crippen molar-refractivity contribution in [2.75, 3.05) is 6.54 Å². The Kier molecular flexibility index (Phi) is 4.83. The molecule has 0 saturated heterocycles. The smallest absolute Gasteiger partial charge is 0.176 e. The molecule has 0 aliphatic rings. The first-order chi connectivity index (χ1) is 8.78. The molecule has 2 aromatic rings. The van der Waals surface area contributed by atoms with Gasteiger partial charge in [0.05, 0.1) is 7.05 Å². The fraction of sp³-hybridized carbons (Fsp3) is 0.583. The Bertz CT molecular complexity index is 451. The van der Waals surface area contributed by atoms with E-state index in [9.17, 15) is 0 Å². The molecule has 2 heterocycles. The minimum atomic E-state index is 0.382. The second-order valence-electron chi connectivity index (χ2n) is 4.33. The van der Waals surface area contributed by atoms with Crippen LogP contribution in [-0.4, -0.2) is 32.8 Å². The Hall–Kier alpha value is -1.27. The molecule has 0 amide bonds. The zero-order chi connectivity index (χ0) is 12.8. The zero-order valence-corrected chi connectivity index (χ0v) is 11.7. The number of hydrogen-bond donors (Lipinski definition) is 1. The van der Waals surface area contributed by atoms with Crippen molar-refractivity contribution >= 4 is 11.3 Å². The van der Waals surface area contributed by atoms with E-state index in [-0.39, 0.29) is 0 Å². The molecule has 18 heavy (non-hydrogen) atoms. The van der Waals surface area contributed by atoms with Crippen molar-refractivity contribution in [3.8, 4) is 0 Å². The molecular formula is C12H19N5S. The molecule has 5 nitrogen and oxygen atoms in total. The van der Waals surface area contributed by atoms with Crippen molar-refractivity contribution in [2.45, 2.75) is 32.2 Å². The Labute approximate surface area is 111 Å². The Morgan fingerprint density at radius 1 is 1.44 bits per heavy atom. The third-order valence-electron chi connectivity index (χ3n) is 2.69. The molecule has 6 heteroatoms. The molecule has 0 aliphatic heterocycles. The maximum Gasteiger partial charge on any atom is 0.176 e. The molecular weight excluding hydrogens is 246 g/mol. The molecule has 1 unspecified atom stereocenters. The van der Waals surface area contributed by atoms with E-state index in [2.05, 4.69) is 45.2 Å². The van der Waals surface area contributed by atoms with Crippen LogP contribution in [0.5, 0.6) is 0 Å². The van der Waals surface area contributed by atoms with Crippen LogP contribution in [0.25, 0.3) is 0 Å². The lowest BCUT2D eigenvalue weighted by atomic mass is 10.1. The van der Waals surface area contributed by atoms with Gasteiger partial charge in [0.15, 0.2) is 5.82 Å². The average Bonchev–Trinajstić information content (AvgIpc) is 2.98. The van der Waals surface area contributed by atoms with E-state index in [1.807, 2.05) is 0 Å². The van der Waals surface area contributed by atoms with Gasteiger partial charge in [0, 0.05) is 17.3 Å². The average molecular weight is 265 g/mol. The maximum absolute atomic E-state index is 4.25. The van der Waals surface area contributed by atoms with E-state index in [1.54, 1.807) is 18.4 Å². The molecule has 0 aromatic carbocycles. The monoisotopic (exact) mass is 265 g/mol. The third-order valence-corrected chi connectivity index (χ3v) is 3.59. The van der Waals surface area contributed by atoms with Crippen LogP contribution in [0.15, 0.2) is 17.5 Å². The molecule has 0 saturated carbocycles. The van der Waals surface area contributed by atoms with Gasteiger partial charge in [-0.25, -0.2) is 0 Å². The van der Waals surface area contributed by atoms with Gasteiger partial charge in [0.25, 0.3) is 0 Å². The van der Waals surface area contributed by atoms with Gasteiger partial charge in [0.1, 0.15) is 0 Å². The SMILES string of the molecule is CCCNC(Cc1nnn(C)n1)Cc1cccs1. The highest BCUT2D eigenvalue weighted by Crippen LogP contribution is 2.12. The van der Waals surface area contributed by atoms with Crippen molar-refractivity contribution in [3.05, 3.63) is 28.2 Å². The molecule has 0 spiro atoms. The van der Waals surface area contributed by atoms with Crippen LogP contribution >= 0.6 is 11.3 Å². The minimum absolute atomic E-state index is 0.382. The van der Waals surface area contributed by atoms with Gasteiger partial charge in [-0.1, -0.05) is 13.0 Å². The normalized spacial score (nSPS) is 12.8. The number of nitrogens with one attached hydrogen (secondary N) is 1. The highest BCUT2D eigenvalue weighted by molar-refractivity contribution is 7.09. The van der Waals surface area contributed by atoms with Crippen LogP contribution in [0.1, 0.15) is 24.0 Å². The summed E-state index contributed by atoms with van der Waals surface area (Å²) in [7, 11) is 1.80. The number of hydrogen-bond acceptors (Lipinski definition) is 5. The summed E-state index contributed by atoms with van der Waals surface area (Å²) in [6.07, 6.45) is 2.98. The van der Waals surface area contributed by atoms with Crippen molar-refractivity contribution < 1.29 is 0 Å². The Morgan fingerprint density at radius 2 is 2.33 bits per heavy atom. The maximum atomic E-state index is 4.25. The van der Waals surface area contributed by atoms with Gasteiger partial charge in [-0.2, -0.15) is 4.80 Å². The summed E-state index contributed by atoms with van der Waals surface area (Å²) in [6, 6.07) is 4.65. The zero-order valence-electron chi connectivity index (χ0n) is 10.8. The molecule has 0 fully saturated rings. The van der Waals surface area contributed by atoms with E-state index in [1.165, 1.54) is 9.67 Å². The molecule has 0 radical (unpaired) electrons. The first-order valence-electron chi connectivity index (χ1n) is 6.26. The lowest BCUT2D eigenvalue weighted by molar-refractivity contribution is 0.496. The Balaban J connectivity index is 1.95. The van der Waals surface area contributed by atoms with Gasteiger partial charge in [0.2, 0.25) is 0 Å². The number of nitrogens with zero attached hydrogens (tertiary/aromatic N) is 4. The van der Waals surface area contributed by atoms with E-state index in [0.29, 0.717) is 6.04 Å². The van der Waals surface area contributed by atoms with Gasteiger partial charge < -0.3 is 5.32 Å². The van der Waals surface area contributed by atoms with Crippen LogP contribution in [0.4, 0.5) is 0 Å². The van der Waals surface area contributed by atoms with Gasteiger partial charge in [-0.05, 0) is 36.0 Å². The predicted octanol–water partition coefficient (Wildman–Crippen LogP) is 1.42. The number of aromatic nitrogens is 4. The molecule has 2 aromatic heterocycles. The van der Waals surface area contributed by atoms with Crippen molar-refractivity contribution in [2.24, 2.45) is 7.05 Å². The molecule has 0 bridgehead atoms. The standard InChI is InChI=1S/C12H19N5S/c1-3-6-13-10(8-11-5-4-7-18-11)9-12-14-16-17(2)15-12/h4-5,7,10,13H,3,6,8-9H2,1-2H3. The fourth-order valence-electron chi connectivity index (χ4n) is 1.86. The van der Waals surface area contributed by atoms with Crippen LogP contribution in [0.2, 0.25) is 0 Å². The van der Waals surface area contributed by atoms with E-state index >= 15 is 0 Å². The highest BCUT2D eigenvalue weighted by Gasteiger charge is 2.13. The molecule has 1 atom stereocenters. The van der Waals surface area contributed by atoms with Crippen LogP contribution < -0.4 is 5.32 Å². The fourth-order valence-corrected chi connectivity index (χ4v) is 2.65. The van der Waals surface area contributed by atoms with E-state index < -0.39 is 0 Å². The summed E-state index contributed by atoms with van der Waals surface area (Å²) >= 11 is 1.80. The molecule has 98 valence electrons. The lowest BCUT2D eigenvalue weighted by Gasteiger charge is -2.15. The molecule has 2 rings (SSSR count). The van der Waals surface area contributed by atoms with Crippen molar-refractivity contribution in [1.82, 2.24) is 25.5 Å². The van der Waals surface area contributed by atoms with Gasteiger partial charge >= 0.3 is 0 Å². The van der Waals surface area contributed by atoms with Gasteiger partial charge in [-0.3, -0.25) is 0 Å². The topological polar surface area (TPSA) is 55.6 Å². The van der Waals surface area contributed by atoms with Gasteiger partial charge in [-0.15, -0.1) is 21.5 Å². The van der Waals surface area contributed by atoms with Crippen LogP contribution in [0, 0.1) is 0 Å². The number of aryl methyl sites for hydroxylation is 1. The summed E-state index contributed by atoms with van der Waals surface area (Å²) in [5.41, 5.74) is 0. The molecule has 1 N–H and O–H groups in total. The summed E-state index contributed by atoms with van der Waals surface area (Å²) in [5.74, 6) is 0.808. The Morgan fingerprint density at radius 3 is 2.94 bits per heavy atom. The number of tetrazole rings is 1. The van der Waals surface area contributed by atoms with Crippen LogP contribution in [-0.2, 0) is 19.9 Å². The van der Waals surface area contributed by atoms with Crippen molar-refractivity contribution in [3.63, 3.8) is 0 Å². The van der Waals surface area contributed by atoms with E-state index in [4.69, 9.17) is 0 Å².